The quantitative estimate of drug-likeness (QED) is 0.778. The van der Waals surface area contributed by atoms with E-state index < -0.39 is 0 Å². The average molecular weight is 284 g/mol. The normalized spacial score (nSPS) is 10.9. The number of nitrogens with zero attached hydrogens (tertiary/aromatic N) is 3. The highest BCUT2D eigenvalue weighted by molar-refractivity contribution is 6.06. The fraction of sp³-hybridized carbons (Fsp3) is 0.267. The summed E-state index contributed by atoms with van der Waals surface area (Å²) in [5, 5.41) is 11.2. The van der Waals surface area contributed by atoms with Gasteiger partial charge in [0.1, 0.15) is 24.5 Å². The van der Waals surface area contributed by atoms with E-state index in [4.69, 9.17) is 4.42 Å². The average Bonchev–Trinajstić information content (AvgIpc) is 3.15. The van der Waals surface area contributed by atoms with Gasteiger partial charge in [0.25, 0.3) is 5.91 Å². The van der Waals surface area contributed by atoms with Crippen molar-refractivity contribution in [2.75, 3.05) is 6.54 Å². The summed E-state index contributed by atoms with van der Waals surface area (Å²) >= 11 is 0. The number of fused-ring (bicyclic) bond motifs is 1. The highest BCUT2D eigenvalue weighted by Crippen LogP contribution is 2.22. The smallest absolute Gasteiger partial charge is 0.255 e. The first-order valence-electron chi connectivity index (χ1n) is 6.88. The van der Waals surface area contributed by atoms with Crippen molar-refractivity contribution in [1.29, 1.82) is 0 Å². The Balaban J connectivity index is 1.72. The van der Waals surface area contributed by atoms with Crippen LogP contribution < -0.4 is 5.32 Å². The van der Waals surface area contributed by atoms with E-state index in [0.717, 1.165) is 17.4 Å². The van der Waals surface area contributed by atoms with E-state index in [1.807, 2.05) is 22.8 Å². The van der Waals surface area contributed by atoms with Crippen LogP contribution >= 0.6 is 0 Å². The molecule has 0 atom stereocenters. The molecule has 0 radical (unpaired) electrons. The fourth-order valence-electron chi connectivity index (χ4n) is 2.20. The monoisotopic (exact) mass is 284 g/mol. The van der Waals surface area contributed by atoms with Gasteiger partial charge in [-0.15, -0.1) is 10.2 Å². The first-order valence-corrected chi connectivity index (χ1v) is 6.88. The summed E-state index contributed by atoms with van der Waals surface area (Å²) in [6.07, 6.45) is 5.67. The predicted octanol–water partition coefficient (Wildman–Crippen LogP) is 2.02. The third-order valence-corrected chi connectivity index (χ3v) is 3.41. The summed E-state index contributed by atoms with van der Waals surface area (Å²) in [6, 6.07) is 5.93. The standard InChI is InChI=1S/C15H16N4O2/c1-2-11-3-4-14-12(7-11)13(8-21-14)15(20)16-5-6-19-9-17-18-10-19/h3-4,7-10H,2,5-6H2,1H3,(H,16,20). The number of nitrogens with one attached hydrogen (secondary N) is 1. The molecule has 0 aliphatic rings. The van der Waals surface area contributed by atoms with Crippen molar-refractivity contribution in [3.8, 4) is 0 Å². The molecule has 6 nitrogen and oxygen atoms in total. The number of hydrogen-bond donors (Lipinski definition) is 1. The molecule has 108 valence electrons. The van der Waals surface area contributed by atoms with Crippen molar-refractivity contribution in [2.24, 2.45) is 0 Å². The van der Waals surface area contributed by atoms with Gasteiger partial charge in [-0.3, -0.25) is 4.79 Å². The van der Waals surface area contributed by atoms with Crippen LogP contribution in [0.2, 0.25) is 0 Å². The Kier molecular flexibility index (Phi) is 3.68. The number of furan rings is 1. The van der Waals surface area contributed by atoms with Crippen LogP contribution in [0.1, 0.15) is 22.8 Å². The Hall–Kier alpha value is -2.63. The molecular weight excluding hydrogens is 268 g/mol. The molecule has 2 aromatic heterocycles. The van der Waals surface area contributed by atoms with Crippen LogP contribution in [0.4, 0.5) is 0 Å². The number of hydrogen-bond acceptors (Lipinski definition) is 4. The van der Waals surface area contributed by atoms with E-state index in [1.165, 1.54) is 11.8 Å². The van der Waals surface area contributed by atoms with Crippen molar-refractivity contribution in [1.82, 2.24) is 20.1 Å². The molecule has 0 fully saturated rings. The number of carbonyl (C=O) groups is 1. The van der Waals surface area contributed by atoms with Crippen LogP contribution in [-0.2, 0) is 13.0 Å². The molecule has 3 aromatic rings. The Bertz CT molecular complexity index is 746. The van der Waals surface area contributed by atoms with Crippen LogP contribution in [0.15, 0.2) is 41.5 Å². The third-order valence-electron chi connectivity index (χ3n) is 3.41. The number of aryl methyl sites for hydroxylation is 1. The highest BCUT2D eigenvalue weighted by Gasteiger charge is 2.13. The first kappa shape index (κ1) is 13.4. The van der Waals surface area contributed by atoms with Crippen molar-refractivity contribution in [2.45, 2.75) is 19.9 Å². The zero-order valence-electron chi connectivity index (χ0n) is 11.7. The molecule has 1 aromatic carbocycles. The SMILES string of the molecule is CCc1ccc2occ(C(=O)NCCn3cnnc3)c2c1. The van der Waals surface area contributed by atoms with Gasteiger partial charge in [-0.2, -0.15) is 0 Å². The Labute approximate surface area is 121 Å². The van der Waals surface area contributed by atoms with Crippen LogP contribution in [0.25, 0.3) is 11.0 Å². The van der Waals surface area contributed by atoms with Crippen molar-refractivity contribution >= 4 is 16.9 Å². The van der Waals surface area contributed by atoms with E-state index in [1.54, 1.807) is 12.7 Å². The lowest BCUT2D eigenvalue weighted by molar-refractivity contribution is 0.0953. The van der Waals surface area contributed by atoms with Gasteiger partial charge >= 0.3 is 0 Å². The number of rotatable bonds is 5. The topological polar surface area (TPSA) is 73.0 Å². The number of carbonyl (C=O) groups excluding carboxylic acids is 1. The lowest BCUT2D eigenvalue weighted by atomic mass is 10.1. The van der Waals surface area contributed by atoms with Gasteiger partial charge in [-0.25, -0.2) is 0 Å². The third kappa shape index (κ3) is 2.79. The molecule has 2 heterocycles. The zero-order chi connectivity index (χ0) is 14.7. The van der Waals surface area contributed by atoms with Crippen LogP contribution in [0, 0.1) is 0 Å². The second-order valence-corrected chi connectivity index (χ2v) is 4.79. The van der Waals surface area contributed by atoms with Crippen LogP contribution in [0.3, 0.4) is 0 Å². The Morgan fingerprint density at radius 3 is 2.90 bits per heavy atom. The second-order valence-electron chi connectivity index (χ2n) is 4.79. The van der Waals surface area contributed by atoms with Gasteiger partial charge in [-0.1, -0.05) is 13.0 Å². The van der Waals surface area contributed by atoms with Crippen molar-refractivity contribution < 1.29 is 9.21 Å². The molecule has 1 amide bonds. The van der Waals surface area contributed by atoms with E-state index in [2.05, 4.69) is 22.4 Å². The Morgan fingerprint density at radius 1 is 1.33 bits per heavy atom. The minimum atomic E-state index is -0.130. The summed E-state index contributed by atoms with van der Waals surface area (Å²) in [6.45, 7) is 3.23. The molecule has 0 aliphatic heterocycles. The summed E-state index contributed by atoms with van der Waals surface area (Å²) in [7, 11) is 0. The van der Waals surface area contributed by atoms with E-state index >= 15 is 0 Å². The fourth-order valence-corrected chi connectivity index (χ4v) is 2.20. The molecule has 0 saturated carbocycles. The number of benzene rings is 1. The lowest BCUT2D eigenvalue weighted by Crippen LogP contribution is -2.26. The molecule has 6 heteroatoms. The van der Waals surface area contributed by atoms with Gasteiger partial charge in [-0.05, 0) is 24.1 Å². The summed E-state index contributed by atoms with van der Waals surface area (Å²) < 4.78 is 7.24. The molecule has 1 N–H and O–H groups in total. The molecule has 0 unspecified atom stereocenters. The molecule has 0 bridgehead atoms. The molecule has 0 saturated heterocycles. The molecular formula is C15H16N4O2. The minimum absolute atomic E-state index is 0.130. The van der Waals surface area contributed by atoms with Crippen molar-refractivity contribution in [3.05, 3.63) is 48.2 Å². The van der Waals surface area contributed by atoms with Crippen LogP contribution in [0.5, 0.6) is 0 Å². The number of amides is 1. The molecule has 3 rings (SSSR count). The van der Waals surface area contributed by atoms with E-state index in [0.29, 0.717) is 18.7 Å². The number of aromatic nitrogens is 3. The summed E-state index contributed by atoms with van der Waals surface area (Å²) in [5.74, 6) is -0.130. The van der Waals surface area contributed by atoms with Crippen LogP contribution in [-0.4, -0.2) is 27.2 Å². The maximum absolute atomic E-state index is 12.2. The first-order chi connectivity index (χ1) is 10.3. The Morgan fingerprint density at radius 2 is 2.14 bits per heavy atom. The van der Waals surface area contributed by atoms with Gasteiger partial charge in [0.05, 0.1) is 5.56 Å². The van der Waals surface area contributed by atoms with E-state index in [9.17, 15) is 4.79 Å². The van der Waals surface area contributed by atoms with Gasteiger partial charge in [0.2, 0.25) is 0 Å². The maximum Gasteiger partial charge on any atom is 0.255 e. The second kappa shape index (κ2) is 5.78. The van der Waals surface area contributed by atoms with Gasteiger partial charge in [0, 0.05) is 18.5 Å². The largest absolute Gasteiger partial charge is 0.463 e. The zero-order valence-corrected chi connectivity index (χ0v) is 11.7. The predicted molar refractivity (Wildman–Crippen MR) is 77.9 cm³/mol. The van der Waals surface area contributed by atoms with Gasteiger partial charge in [0.15, 0.2) is 0 Å². The minimum Gasteiger partial charge on any atom is -0.463 e. The molecule has 0 spiro atoms. The molecule has 21 heavy (non-hydrogen) atoms. The highest BCUT2D eigenvalue weighted by atomic mass is 16.3. The lowest BCUT2D eigenvalue weighted by Gasteiger charge is -2.04. The summed E-state index contributed by atoms with van der Waals surface area (Å²) in [5.41, 5.74) is 2.49. The molecule has 0 aliphatic carbocycles. The maximum atomic E-state index is 12.2. The van der Waals surface area contributed by atoms with Gasteiger partial charge < -0.3 is 14.3 Å². The summed E-state index contributed by atoms with van der Waals surface area (Å²) in [4.78, 5) is 12.2. The van der Waals surface area contributed by atoms with Crippen molar-refractivity contribution in [3.63, 3.8) is 0 Å². The van der Waals surface area contributed by atoms with E-state index in [-0.39, 0.29) is 5.91 Å².